The largest absolute Gasteiger partial charge is 0.308 e. The smallest absolute Gasteiger partial charge is 0.175 e. The Kier molecular flexibility index (Phi) is 8.42. The summed E-state index contributed by atoms with van der Waals surface area (Å²) in [5, 5.41) is 33.1. The molecule has 0 saturated heterocycles. The van der Waals surface area contributed by atoms with Gasteiger partial charge in [-0.3, -0.25) is 0 Å². The van der Waals surface area contributed by atoms with E-state index in [1.165, 1.54) is 0 Å². The van der Waals surface area contributed by atoms with Crippen LogP contribution in [0.25, 0.3) is 33.4 Å². The normalized spacial score (nSPS) is 17.0. The Morgan fingerprint density at radius 2 is 0.712 bits per heavy atom. The first-order valence-corrected chi connectivity index (χ1v) is 22.4. The predicted molar refractivity (Wildman–Crippen MR) is 237 cm³/mol. The van der Waals surface area contributed by atoms with E-state index in [4.69, 9.17) is 0 Å². The van der Waals surface area contributed by atoms with E-state index in [1.54, 1.807) is 24.3 Å². The van der Waals surface area contributed by atoms with Gasteiger partial charge in [0.2, 0.25) is 0 Å². The maximum Gasteiger partial charge on any atom is 0.175 e. The van der Waals surface area contributed by atoms with Crippen LogP contribution in [-0.4, -0.2) is 0 Å². The first-order chi connectivity index (χ1) is 28.8. The summed E-state index contributed by atoms with van der Waals surface area (Å²) in [6.07, 6.45) is 0. The second kappa shape index (κ2) is 13.9. The van der Waals surface area contributed by atoms with Crippen molar-refractivity contribution in [3.63, 3.8) is 0 Å². The molecule has 0 amide bonds. The van der Waals surface area contributed by atoms with E-state index in [1.807, 2.05) is 158 Å². The number of nitriles is 3. The number of hydrogen-bond donors (Lipinski definition) is 0. The van der Waals surface area contributed by atoms with E-state index in [9.17, 15) is 15.8 Å². The number of rotatable bonds is 5. The molecule has 0 fully saturated rings. The molecular weight excluding hydrogens is 763 g/mol. The third-order valence-electron chi connectivity index (χ3n) is 11.3. The summed E-state index contributed by atoms with van der Waals surface area (Å²) in [5.74, 6) is 0. The summed E-state index contributed by atoms with van der Waals surface area (Å²) < 4.78 is 33.7. The number of hydrogen-bond acceptors (Lipinski definition) is 6. The van der Waals surface area contributed by atoms with Gasteiger partial charge in [-0.05, 0) is 106 Å². The molecule has 8 aromatic rings. The highest BCUT2D eigenvalue weighted by atomic mass is 31.2. The van der Waals surface area contributed by atoms with Crippen molar-refractivity contribution in [2.45, 2.75) is 0 Å². The van der Waals surface area contributed by atoms with Gasteiger partial charge in [0.15, 0.2) is 14.3 Å². The average Bonchev–Trinajstić information content (AvgIpc) is 3.31. The van der Waals surface area contributed by atoms with Gasteiger partial charge in [-0.25, -0.2) is 0 Å². The molecule has 0 bridgehead atoms. The number of benzene rings is 8. The second-order valence-electron chi connectivity index (χ2n) is 14.6. The standard InChI is InChI=1S/C51H30N4O2P2/c52-31-34-10-7-13-37(24-34)40-20-22-45-47(27-40)58(56,43-16-3-1-4-17-43)49-29-42(39-15-9-12-36(26-39)33-54)30-50-51(49)55(45)46-23-21-41(38-14-8-11-35(25-38)32-53)28-48(46)59(50,57)44-18-5-2-6-19-44/h1-30H. The maximum absolute atomic E-state index is 16.8. The fourth-order valence-electron chi connectivity index (χ4n) is 8.54. The summed E-state index contributed by atoms with van der Waals surface area (Å²) in [4.78, 5) is 2.12. The van der Waals surface area contributed by atoms with Crippen LogP contribution in [0.5, 0.6) is 0 Å². The van der Waals surface area contributed by atoms with Crippen molar-refractivity contribution in [3.05, 3.63) is 199 Å². The van der Waals surface area contributed by atoms with Crippen LogP contribution < -0.4 is 36.7 Å². The Hall–Kier alpha value is -7.51. The minimum Gasteiger partial charge on any atom is -0.308 e. The zero-order valence-corrected chi connectivity index (χ0v) is 33.1. The molecule has 0 saturated carbocycles. The topological polar surface area (TPSA) is 109 Å². The lowest BCUT2D eigenvalue weighted by molar-refractivity contribution is 0.592. The highest BCUT2D eigenvalue weighted by Crippen LogP contribution is 2.61. The molecule has 8 aromatic carbocycles. The van der Waals surface area contributed by atoms with Crippen LogP contribution in [0.2, 0.25) is 0 Å². The predicted octanol–water partition coefficient (Wildman–Crippen LogP) is 9.68. The Balaban J connectivity index is 1.36. The Morgan fingerprint density at radius 3 is 1.10 bits per heavy atom. The van der Waals surface area contributed by atoms with Crippen LogP contribution in [0.1, 0.15) is 16.7 Å². The number of anilines is 3. The quantitative estimate of drug-likeness (QED) is 0.161. The van der Waals surface area contributed by atoms with Crippen LogP contribution in [0.4, 0.5) is 17.1 Å². The molecule has 2 heterocycles. The zero-order chi connectivity index (χ0) is 40.3. The molecule has 0 radical (unpaired) electrons. The molecule has 10 rings (SSSR count). The highest BCUT2D eigenvalue weighted by molar-refractivity contribution is 7.88. The summed E-state index contributed by atoms with van der Waals surface area (Å²) >= 11 is 0. The molecule has 0 aromatic heterocycles. The van der Waals surface area contributed by atoms with Gasteiger partial charge < -0.3 is 14.0 Å². The van der Waals surface area contributed by atoms with Crippen molar-refractivity contribution < 1.29 is 9.13 Å². The van der Waals surface area contributed by atoms with E-state index in [2.05, 4.69) is 23.1 Å². The van der Waals surface area contributed by atoms with E-state index in [-0.39, 0.29) is 0 Å². The van der Waals surface area contributed by atoms with Crippen LogP contribution in [-0.2, 0) is 9.13 Å². The van der Waals surface area contributed by atoms with Gasteiger partial charge >= 0.3 is 0 Å². The molecule has 2 atom stereocenters. The first-order valence-electron chi connectivity index (χ1n) is 19.0. The number of fused-ring (bicyclic) bond motifs is 4. The lowest BCUT2D eigenvalue weighted by Gasteiger charge is -2.45. The van der Waals surface area contributed by atoms with E-state index >= 15 is 9.13 Å². The number of nitrogens with zero attached hydrogens (tertiary/aromatic N) is 4. The second-order valence-corrected chi connectivity index (χ2v) is 20.0. The van der Waals surface area contributed by atoms with Crippen molar-refractivity contribution in [3.8, 4) is 51.6 Å². The molecule has 2 aliphatic rings. The summed E-state index contributed by atoms with van der Waals surface area (Å²) in [6, 6.07) is 63.6. The Labute approximate surface area is 341 Å². The minimum absolute atomic E-state index is 0.470. The van der Waals surface area contributed by atoms with Crippen LogP contribution in [0.15, 0.2) is 182 Å². The molecule has 59 heavy (non-hydrogen) atoms. The fourth-order valence-corrected chi connectivity index (χ4v) is 14.8. The maximum atomic E-state index is 16.8. The van der Waals surface area contributed by atoms with Crippen LogP contribution >= 0.6 is 14.3 Å². The van der Waals surface area contributed by atoms with E-state index in [0.717, 1.165) is 27.8 Å². The Bertz CT molecular complexity index is 3100. The highest BCUT2D eigenvalue weighted by Gasteiger charge is 2.50. The van der Waals surface area contributed by atoms with E-state index < -0.39 is 14.3 Å². The average molecular weight is 793 g/mol. The molecule has 0 N–H and O–H groups in total. The third-order valence-corrected chi connectivity index (χ3v) is 17.5. The SMILES string of the molecule is N#Cc1cccc(-c2ccc3c(c2)P(=O)(c2ccccc2)c2cc(-c4cccc(C#N)c4)cc4c2N3c2ccc(-c3cccc(C#N)c3)cc2P4(=O)c2ccccc2)c1. The molecule has 2 aliphatic heterocycles. The molecule has 8 heteroatoms. The van der Waals surface area contributed by atoms with Crippen molar-refractivity contribution in [2.24, 2.45) is 0 Å². The van der Waals surface area contributed by atoms with Crippen LogP contribution in [0.3, 0.4) is 0 Å². The first kappa shape index (κ1) is 35.9. The molecule has 6 nitrogen and oxygen atoms in total. The summed E-state index contributed by atoms with van der Waals surface area (Å²) in [6.45, 7) is 0. The van der Waals surface area contributed by atoms with Gasteiger partial charge in [0.05, 0.1) is 52.0 Å². The van der Waals surface area contributed by atoms with Gasteiger partial charge in [0.25, 0.3) is 0 Å². The van der Waals surface area contributed by atoms with Crippen molar-refractivity contribution >= 4 is 63.2 Å². The molecule has 2 unspecified atom stereocenters. The van der Waals surface area contributed by atoms with Crippen molar-refractivity contribution in [1.29, 1.82) is 15.8 Å². The lowest BCUT2D eigenvalue weighted by atomic mass is 10.00. The summed E-state index contributed by atoms with van der Waals surface area (Å²) in [5.41, 5.74) is 8.17. The van der Waals surface area contributed by atoms with Gasteiger partial charge in [0, 0.05) is 31.8 Å². The summed E-state index contributed by atoms with van der Waals surface area (Å²) in [7, 11) is -7.54. The van der Waals surface area contributed by atoms with E-state index in [0.29, 0.717) is 71.1 Å². The van der Waals surface area contributed by atoms with Crippen molar-refractivity contribution in [1.82, 2.24) is 0 Å². The van der Waals surface area contributed by atoms with Crippen LogP contribution in [0, 0.1) is 34.0 Å². The molecular formula is C51H30N4O2P2. The molecule has 0 aliphatic carbocycles. The molecule has 276 valence electrons. The van der Waals surface area contributed by atoms with Gasteiger partial charge in [0.1, 0.15) is 0 Å². The fraction of sp³-hybridized carbons (Fsp3) is 0. The van der Waals surface area contributed by atoms with Gasteiger partial charge in [-0.1, -0.05) is 109 Å². The van der Waals surface area contributed by atoms with Gasteiger partial charge in [-0.2, -0.15) is 15.8 Å². The Morgan fingerprint density at radius 1 is 0.356 bits per heavy atom. The van der Waals surface area contributed by atoms with Gasteiger partial charge in [-0.15, -0.1) is 0 Å². The minimum atomic E-state index is -3.77. The van der Waals surface area contributed by atoms with Crippen molar-refractivity contribution in [2.75, 3.05) is 4.90 Å². The lowest BCUT2D eigenvalue weighted by Crippen LogP contribution is -2.46. The zero-order valence-electron chi connectivity index (χ0n) is 31.3. The third kappa shape index (κ3) is 5.53. The monoisotopic (exact) mass is 792 g/mol. The molecule has 0 spiro atoms.